The molecule has 3 rings (SSSR count). The highest BCUT2D eigenvalue weighted by Crippen LogP contribution is 2.49. The van der Waals surface area contributed by atoms with E-state index >= 15 is 0 Å². The number of unbranched alkanes of at least 4 members (excludes halogenated alkanes) is 3. The van der Waals surface area contributed by atoms with E-state index in [1.165, 1.54) is 47.6 Å². The Bertz CT molecular complexity index is 1140. The van der Waals surface area contributed by atoms with E-state index < -0.39 is 8.24 Å². The fourth-order valence-corrected chi connectivity index (χ4v) is 11.8. The van der Waals surface area contributed by atoms with Crippen LogP contribution in [-0.4, -0.2) is 26.0 Å². The number of benzene rings is 2. The van der Waals surface area contributed by atoms with Crippen molar-refractivity contribution in [3.8, 4) is 11.1 Å². The van der Waals surface area contributed by atoms with Crippen molar-refractivity contribution in [2.75, 3.05) is 6.61 Å². The molecule has 0 saturated carbocycles. The van der Waals surface area contributed by atoms with Gasteiger partial charge in [0, 0.05) is 17.7 Å². The Morgan fingerprint density at radius 3 is 2.00 bits per heavy atom. The molecule has 2 aromatic carbocycles. The molecule has 40 heavy (non-hydrogen) atoms. The van der Waals surface area contributed by atoms with Crippen molar-refractivity contribution in [3.05, 3.63) is 64.7 Å². The SMILES string of the molecule is CC(C)C1=Cc2c(-c3ccc(C(C)(C)C)cc3)cccc2C1[Si](C)(CCCCCCOC(C)(C)C)NC(C)(C)C. The van der Waals surface area contributed by atoms with Crippen LogP contribution in [0, 0.1) is 5.92 Å². The highest BCUT2D eigenvalue weighted by Gasteiger charge is 2.45. The van der Waals surface area contributed by atoms with Crippen LogP contribution in [0.25, 0.3) is 17.2 Å². The van der Waals surface area contributed by atoms with Gasteiger partial charge in [-0.3, -0.25) is 0 Å². The number of ether oxygens (including phenoxy) is 1. The summed E-state index contributed by atoms with van der Waals surface area (Å²) < 4.78 is 5.96. The molecule has 0 bridgehead atoms. The summed E-state index contributed by atoms with van der Waals surface area (Å²) in [5, 5.41) is 0. The summed E-state index contributed by atoms with van der Waals surface area (Å²) in [4.78, 5) is 4.28. The first-order valence-electron chi connectivity index (χ1n) is 15.8. The molecule has 2 atom stereocenters. The Hall–Kier alpha value is -1.68. The zero-order valence-corrected chi connectivity index (χ0v) is 28.9. The van der Waals surface area contributed by atoms with Crippen LogP contribution in [0.2, 0.25) is 12.6 Å². The van der Waals surface area contributed by atoms with Crippen LogP contribution < -0.4 is 4.98 Å². The maximum Gasteiger partial charge on any atom is 0.134 e. The van der Waals surface area contributed by atoms with Crippen molar-refractivity contribution in [1.29, 1.82) is 0 Å². The van der Waals surface area contributed by atoms with Gasteiger partial charge in [-0.2, -0.15) is 0 Å². The molecule has 2 unspecified atom stereocenters. The minimum Gasteiger partial charge on any atom is -0.376 e. The molecule has 3 heteroatoms. The van der Waals surface area contributed by atoms with Crippen LogP contribution in [0.1, 0.15) is 124 Å². The van der Waals surface area contributed by atoms with Crippen molar-refractivity contribution in [2.24, 2.45) is 5.92 Å². The number of nitrogens with one attached hydrogen (secondary N) is 1. The lowest BCUT2D eigenvalue weighted by Gasteiger charge is -2.43. The summed E-state index contributed by atoms with van der Waals surface area (Å²) >= 11 is 0. The summed E-state index contributed by atoms with van der Waals surface area (Å²) in [6.07, 6.45) is 7.54. The lowest BCUT2D eigenvalue weighted by atomic mass is 9.86. The van der Waals surface area contributed by atoms with Crippen LogP contribution in [0.4, 0.5) is 0 Å². The van der Waals surface area contributed by atoms with E-state index in [-0.39, 0.29) is 16.6 Å². The lowest BCUT2D eigenvalue weighted by Crippen LogP contribution is -2.60. The average Bonchev–Trinajstić information content (AvgIpc) is 3.22. The Morgan fingerprint density at radius 2 is 1.45 bits per heavy atom. The monoisotopic (exact) mass is 561 g/mol. The van der Waals surface area contributed by atoms with Gasteiger partial charge in [0.15, 0.2) is 0 Å². The van der Waals surface area contributed by atoms with E-state index in [2.05, 4.69) is 136 Å². The quantitative estimate of drug-likeness (QED) is 0.218. The molecular weight excluding hydrogens is 502 g/mol. The Labute approximate surface area is 248 Å². The van der Waals surface area contributed by atoms with E-state index in [0.29, 0.717) is 11.5 Å². The number of allylic oxidation sites excluding steroid dienone is 1. The normalized spacial score (nSPS) is 17.6. The van der Waals surface area contributed by atoms with Crippen molar-refractivity contribution in [1.82, 2.24) is 4.98 Å². The molecule has 1 aliphatic carbocycles. The minimum atomic E-state index is -1.93. The standard InChI is InChI=1S/C37H59NOSi/c1-27(2)32-26-33-30(28-20-22-29(23-21-28)35(3,4)5)18-17-19-31(33)34(32)40(12,38-36(6,7)8)25-16-14-13-15-24-39-37(9,10)11/h17-23,26-27,34,38H,13-16,24-25H2,1-12H3. The maximum atomic E-state index is 5.96. The molecule has 1 aliphatic rings. The summed E-state index contributed by atoms with van der Waals surface area (Å²) in [7, 11) is -1.93. The second-order valence-corrected chi connectivity index (χ2v) is 19.9. The summed E-state index contributed by atoms with van der Waals surface area (Å²) in [5.74, 6) is 0.525. The van der Waals surface area contributed by atoms with Crippen molar-refractivity contribution in [3.63, 3.8) is 0 Å². The van der Waals surface area contributed by atoms with Crippen LogP contribution >= 0.6 is 0 Å². The zero-order chi connectivity index (χ0) is 29.9. The van der Waals surface area contributed by atoms with Crippen molar-refractivity contribution < 1.29 is 4.74 Å². The first-order valence-corrected chi connectivity index (χ1v) is 18.6. The van der Waals surface area contributed by atoms with Gasteiger partial charge >= 0.3 is 0 Å². The third-order valence-electron chi connectivity index (χ3n) is 8.25. The number of rotatable bonds is 11. The molecule has 2 aromatic rings. The molecule has 2 nitrogen and oxygen atoms in total. The Morgan fingerprint density at radius 1 is 0.825 bits per heavy atom. The van der Waals surface area contributed by atoms with Gasteiger partial charge in [-0.1, -0.05) is 115 Å². The van der Waals surface area contributed by atoms with E-state index in [4.69, 9.17) is 4.74 Å². The van der Waals surface area contributed by atoms with Gasteiger partial charge in [-0.05, 0) is 93.2 Å². The van der Waals surface area contributed by atoms with Crippen LogP contribution in [0.15, 0.2) is 48.0 Å². The lowest BCUT2D eigenvalue weighted by molar-refractivity contribution is -0.00471. The molecule has 0 radical (unpaired) electrons. The van der Waals surface area contributed by atoms with E-state index in [1.807, 2.05) is 0 Å². The molecular formula is C37H59NOSi. The van der Waals surface area contributed by atoms with Gasteiger partial charge in [0.25, 0.3) is 0 Å². The molecule has 222 valence electrons. The highest BCUT2D eigenvalue weighted by molar-refractivity contribution is 6.78. The van der Waals surface area contributed by atoms with Crippen LogP contribution in [0.5, 0.6) is 0 Å². The summed E-state index contributed by atoms with van der Waals surface area (Å²) in [6.45, 7) is 28.6. The second-order valence-electron chi connectivity index (χ2n) is 15.8. The summed E-state index contributed by atoms with van der Waals surface area (Å²) in [6, 6.07) is 17.7. The molecule has 0 spiro atoms. The molecule has 0 aromatic heterocycles. The van der Waals surface area contributed by atoms with Gasteiger partial charge in [0.2, 0.25) is 0 Å². The highest BCUT2D eigenvalue weighted by atomic mass is 28.3. The van der Waals surface area contributed by atoms with Crippen molar-refractivity contribution in [2.45, 2.75) is 137 Å². The number of hydrogen-bond acceptors (Lipinski definition) is 2. The number of hydrogen-bond donors (Lipinski definition) is 1. The van der Waals surface area contributed by atoms with Gasteiger partial charge in [-0.15, -0.1) is 0 Å². The Kier molecular flexibility index (Phi) is 10.4. The first kappa shape index (κ1) is 32.8. The van der Waals surface area contributed by atoms with E-state index in [0.717, 1.165) is 13.0 Å². The fraction of sp³-hybridized carbons (Fsp3) is 0.622. The van der Waals surface area contributed by atoms with Crippen LogP contribution in [-0.2, 0) is 10.2 Å². The molecule has 0 saturated heterocycles. The van der Waals surface area contributed by atoms with E-state index in [9.17, 15) is 0 Å². The minimum absolute atomic E-state index is 0.0367. The third-order valence-corrected chi connectivity index (χ3v) is 12.9. The predicted octanol–water partition coefficient (Wildman–Crippen LogP) is 10.7. The molecule has 0 amide bonds. The first-order chi connectivity index (χ1) is 18.4. The predicted molar refractivity (Wildman–Crippen MR) is 180 cm³/mol. The second kappa shape index (κ2) is 12.7. The van der Waals surface area contributed by atoms with Crippen LogP contribution in [0.3, 0.4) is 0 Å². The zero-order valence-electron chi connectivity index (χ0n) is 27.9. The maximum absolute atomic E-state index is 5.96. The third kappa shape index (κ3) is 8.66. The fourth-order valence-electron chi connectivity index (χ4n) is 6.50. The molecule has 0 heterocycles. The smallest absolute Gasteiger partial charge is 0.134 e. The van der Waals surface area contributed by atoms with E-state index in [1.54, 1.807) is 11.1 Å². The molecule has 0 fully saturated rings. The molecule has 1 N–H and O–H groups in total. The van der Waals surface area contributed by atoms with Gasteiger partial charge in [0.05, 0.1) is 5.60 Å². The molecule has 0 aliphatic heterocycles. The topological polar surface area (TPSA) is 21.3 Å². The number of fused-ring (bicyclic) bond motifs is 1. The average molecular weight is 562 g/mol. The van der Waals surface area contributed by atoms with Gasteiger partial charge in [-0.25, -0.2) is 0 Å². The van der Waals surface area contributed by atoms with Gasteiger partial charge < -0.3 is 9.72 Å². The summed E-state index contributed by atoms with van der Waals surface area (Å²) in [5.41, 5.74) is 9.44. The Balaban J connectivity index is 1.91. The largest absolute Gasteiger partial charge is 0.376 e. The van der Waals surface area contributed by atoms with Gasteiger partial charge in [0.1, 0.15) is 8.24 Å². The van der Waals surface area contributed by atoms with Crippen molar-refractivity contribution >= 4 is 14.3 Å².